The third-order valence-electron chi connectivity index (χ3n) is 2.98. The zero-order valence-corrected chi connectivity index (χ0v) is 10.6. The van der Waals surface area contributed by atoms with Crippen LogP contribution in [-0.4, -0.2) is 30.9 Å². The summed E-state index contributed by atoms with van der Waals surface area (Å²) < 4.78 is 22.5. The molecule has 1 fully saturated rings. The van der Waals surface area contributed by atoms with E-state index in [1.54, 1.807) is 24.3 Å². The summed E-state index contributed by atoms with van der Waals surface area (Å²) in [6, 6.07) is 6.59. The number of hydrogen-bond donors (Lipinski definition) is 2. The highest BCUT2D eigenvalue weighted by molar-refractivity contribution is 7.91. The van der Waals surface area contributed by atoms with Gasteiger partial charge in [0.25, 0.3) is 0 Å². The molecular formula is C12H15NO4S. The number of aromatic hydroxyl groups is 1. The van der Waals surface area contributed by atoms with Gasteiger partial charge < -0.3 is 10.4 Å². The van der Waals surface area contributed by atoms with Gasteiger partial charge >= 0.3 is 0 Å². The first-order chi connectivity index (χ1) is 8.46. The van der Waals surface area contributed by atoms with Crippen LogP contribution < -0.4 is 5.32 Å². The van der Waals surface area contributed by atoms with E-state index in [1.165, 1.54) is 0 Å². The number of sulfone groups is 1. The minimum Gasteiger partial charge on any atom is -0.508 e. The van der Waals surface area contributed by atoms with Crippen LogP contribution >= 0.6 is 0 Å². The first kappa shape index (κ1) is 12.9. The van der Waals surface area contributed by atoms with Crippen molar-refractivity contribution >= 4 is 15.7 Å². The van der Waals surface area contributed by atoms with E-state index in [2.05, 4.69) is 5.32 Å². The van der Waals surface area contributed by atoms with Crippen molar-refractivity contribution in [3.05, 3.63) is 29.8 Å². The third-order valence-corrected chi connectivity index (χ3v) is 4.75. The predicted octanol–water partition coefficient (Wildman–Crippen LogP) is 0.443. The van der Waals surface area contributed by atoms with E-state index in [9.17, 15) is 18.3 Å². The lowest BCUT2D eigenvalue weighted by molar-refractivity contribution is -0.124. The molecule has 1 unspecified atom stereocenters. The van der Waals surface area contributed by atoms with Crippen molar-refractivity contribution in [3.8, 4) is 5.75 Å². The van der Waals surface area contributed by atoms with E-state index in [-0.39, 0.29) is 23.2 Å². The fraction of sp³-hybridized carbons (Fsp3) is 0.417. The second-order valence-electron chi connectivity index (χ2n) is 4.49. The van der Waals surface area contributed by atoms with Crippen LogP contribution in [0.4, 0.5) is 0 Å². The Kier molecular flexibility index (Phi) is 3.56. The molecule has 18 heavy (non-hydrogen) atoms. The Labute approximate surface area is 106 Å². The Bertz CT molecular complexity index is 553. The Morgan fingerprint density at radius 1 is 1.44 bits per heavy atom. The van der Waals surface area contributed by atoms with Gasteiger partial charge in [-0.2, -0.15) is 0 Å². The molecule has 1 heterocycles. The largest absolute Gasteiger partial charge is 0.508 e. The van der Waals surface area contributed by atoms with Crippen molar-refractivity contribution in [2.75, 3.05) is 11.5 Å². The van der Waals surface area contributed by atoms with Gasteiger partial charge in [0.1, 0.15) is 5.75 Å². The Morgan fingerprint density at radius 3 is 2.83 bits per heavy atom. The smallest absolute Gasteiger partial charge is 0.224 e. The molecule has 1 amide bonds. The molecule has 2 N–H and O–H groups in total. The fourth-order valence-electron chi connectivity index (χ4n) is 2.00. The molecular weight excluding hydrogens is 254 g/mol. The van der Waals surface area contributed by atoms with E-state index in [0.29, 0.717) is 13.0 Å². The van der Waals surface area contributed by atoms with Gasteiger partial charge in [-0.1, -0.05) is 12.1 Å². The molecule has 1 aliphatic heterocycles. The van der Waals surface area contributed by atoms with Crippen molar-refractivity contribution in [1.82, 2.24) is 5.32 Å². The highest BCUT2D eigenvalue weighted by Gasteiger charge is 2.32. The molecule has 2 rings (SSSR count). The maximum Gasteiger partial charge on any atom is 0.224 e. The molecule has 0 bridgehead atoms. The van der Waals surface area contributed by atoms with E-state index >= 15 is 0 Å². The number of benzene rings is 1. The van der Waals surface area contributed by atoms with Crippen molar-refractivity contribution in [2.24, 2.45) is 5.92 Å². The van der Waals surface area contributed by atoms with Gasteiger partial charge in [0, 0.05) is 6.54 Å². The number of hydrogen-bond acceptors (Lipinski definition) is 4. The molecule has 0 saturated carbocycles. The highest BCUT2D eigenvalue weighted by Crippen LogP contribution is 2.18. The summed E-state index contributed by atoms with van der Waals surface area (Å²) in [5.74, 6) is -0.493. The molecule has 5 nitrogen and oxygen atoms in total. The van der Waals surface area contributed by atoms with Crippen LogP contribution in [0.25, 0.3) is 0 Å². The van der Waals surface area contributed by atoms with Crippen LogP contribution in [0.5, 0.6) is 5.75 Å². The minimum absolute atomic E-state index is 0.0567. The SMILES string of the molecule is O=C(NCc1cccc(O)c1)C1CCS(=O)(=O)C1. The molecule has 0 aromatic heterocycles. The van der Waals surface area contributed by atoms with Crippen LogP contribution in [0, 0.1) is 5.92 Å². The van der Waals surface area contributed by atoms with Crippen LogP contribution in [0.3, 0.4) is 0 Å². The van der Waals surface area contributed by atoms with Gasteiger partial charge in [-0.3, -0.25) is 4.79 Å². The fourth-order valence-corrected chi connectivity index (χ4v) is 3.74. The van der Waals surface area contributed by atoms with Gasteiger partial charge in [-0.15, -0.1) is 0 Å². The molecule has 6 heteroatoms. The first-order valence-corrected chi connectivity index (χ1v) is 7.54. The number of carbonyl (C=O) groups is 1. The topological polar surface area (TPSA) is 83.5 Å². The Morgan fingerprint density at radius 2 is 2.22 bits per heavy atom. The predicted molar refractivity (Wildman–Crippen MR) is 66.7 cm³/mol. The van der Waals surface area contributed by atoms with Crippen molar-refractivity contribution in [2.45, 2.75) is 13.0 Å². The van der Waals surface area contributed by atoms with Crippen molar-refractivity contribution < 1.29 is 18.3 Å². The van der Waals surface area contributed by atoms with Gasteiger partial charge in [0.2, 0.25) is 5.91 Å². The molecule has 1 aromatic carbocycles. The maximum atomic E-state index is 11.8. The molecule has 0 aliphatic carbocycles. The molecule has 0 spiro atoms. The van der Waals surface area contributed by atoms with Crippen LogP contribution in [0.2, 0.25) is 0 Å². The Balaban J connectivity index is 1.89. The monoisotopic (exact) mass is 269 g/mol. The molecule has 1 atom stereocenters. The molecule has 1 aromatic rings. The summed E-state index contributed by atoms with van der Waals surface area (Å²) in [7, 11) is -3.03. The Hall–Kier alpha value is -1.56. The summed E-state index contributed by atoms with van der Waals surface area (Å²) in [6.07, 6.45) is 0.397. The zero-order valence-electron chi connectivity index (χ0n) is 9.80. The lowest BCUT2D eigenvalue weighted by Gasteiger charge is -2.09. The number of amides is 1. The standard InChI is InChI=1S/C12H15NO4S/c14-11-3-1-2-9(6-11)7-13-12(15)10-4-5-18(16,17)8-10/h1-3,6,10,14H,4-5,7-8H2,(H,13,15). The van der Waals surface area contributed by atoms with E-state index in [1.807, 2.05) is 0 Å². The molecule has 0 radical (unpaired) electrons. The van der Waals surface area contributed by atoms with E-state index in [4.69, 9.17) is 0 Å². The average Bonchev–Trinajstić information content (AvgIpc) is 2.67. The van der Waals surface area contributed by atoms with Gasteiger partial charge in [-0.05, 0) is 24.1 Å². The van der Waals surface area contributed by atoms with Crippen LogP contribution in [-0.2, 0) is 21.2 Å². The summed E-state index contributed by atoms with van der Waals surface area (Å²) in [5.41, 5.74) is 0.782. The van der Waals surface area contributed by atoms with E-state index < -0.39 is 15.8 Å². The number of rotatable bonds is 3. The lowest BCUT2D eigenvalue weighted by atomic mass is 10.1. The highest BCUT2D eigenvalue weighted by atomic mass is 32.2. The number of carbonyl (C=O) groups excluding carboxylic acids is 1. The lowest BCUT2D eigenvalue weighted by Crippen LogP contribution is -2.30. The maximum absolute atomic E-state index is 11.8. The van der Waals surface area contributed by atoms with Gasteiger partial charge in [0.15, 0.2) is 9.84 Å². The van der Waals surface area contributed by atoms with Gasteiger partial charge in [-0.25, -0.2) is 8.42 Å². The third kappa shape index (κ3) is 3.22. The zero-order chi connectivity index (χ0) is 13.2. The van der Waals surface area contributed by atoms with Crippen LogP contribution in [0.1, 0.15) is 12.0 Å². The van der Waals surface area contributed by atoms with Crippen LogP contribution in [0.15, 0.2) is 24.3 Å². The summed E-state index contributed by atoms with van der Waals surface area (Å²) >= 11 is 0. The number of nitrogens with one attached hydrogen (secondary N) is 1. The quantitative estimate of drug-likeness (QED) is 0.834. The number of phenols is 1. The first-order valence-electron chi connectivity index (χ1n) is 5.72. The summed E-state index contributed by atoms with van der Waals surface area (Å²) in [5, 5.41) is 12.0. The molecule has 98 valence electrons. The van der Waals surface area contributed by atoms with Crippen molar-refractivity contribution in [1.29, 1.82) is 0 Å². The average molecular weight is 269 g/mol. The molecule has 1 aliphatic rings. The number of phenolic OH excluding ortho intramolecular Hbond substituents is 1. The second-order valence-corrected chi connectivity index (χ2v) is 6.72. The normalized spacial score (nSPS) is 21.7. The summed E-state index contributed by atoms with van der Waals surface area (Å²) in [6.45, 7) is 0.295. The minimum atomic E-state index is -3.03. The summed E-state index contributed by atoms with van der Waals surface area (Å²) in [4.78, 5) is 11.8. The van der Waals surface area contributed by atoms with Gasteiger partial charge in [0.05, 0.1) is 17.4 Å². The van der Waals surface area contributed by atoms with E-state index in [0.717, 1.165) is 5.56 Å². The molecule has 1 saturated heterocycles. The van der Waals surface area contributed by atoms with Crippen molar-refractivity contribution in [3.63, 3.8) is 0 Å². The second kappa shape index (κ2) is 4.97.